The van der Waals surface area contributed by atoms with Gasteiger partial charge in [0.25, 0.3) is 0 Å². The van der Waals surface area contributed by atoms with E-state index in [0.717, 1.165) is 10.8 Å². The fourth-order valence-corrected chi connectivity index (χ4v) is 2.36. The molecule has 4 heteroatoms. The van der Waals surface area contributed by atoms with E-state index in [1.165, 1.54) is 12.3 Å². The summed E-state index contributed by atoms with van der Waals surface area (Å²) in [6, 6.07) is 17.9. The minimum atomic E-state index is -0.305. The summed E-state index contributed by atoms with van der Waals surface area (Å²) in [5.41, 5.74) is 1.14. The van der Waals surface area contributed by atoms with Gasteiger partial charge in [-0.25, -0.2) is 4.39 Å². The number of hydrogen-bond acceptors (Lipinski definition) is 3. The van der Waals surface area contributed by atoms with Crippen molar-refractivity contribution in [3.05, 3.63) is 77.6 Å². The standard InChI is InChI=1S/C18H14FNO2/c19-17-8-4-2-6-14(17)12-22-18-10-9-13-5-1-3-7-15(13)16(18)11-20-21/h1-11,21H,12H2/b20-11-. The second kappa shape index (κ2) is 6.26. The molecule has 22 heavy (non-hydrogen) atoms. The molecular formula is C18H14FNO2. The van der Waals surface area contributed by atoms with Crippen LogP contribution >= 0.6 is 0 Å². The predicted octanol–water partition coefficient (Wildman–Crippen LogP) is 4.37. The summed E-state index contributed by atoms with van der Waals surface area (Å²) in [6.45, 7) is 0.108. The molecule has 0 aliphatic carbocycles. The summed E-state index contributed by atoms with van der Waals surface area (Å²) in [5.74, 6) is 0.236. The van der Waals surface area contributed by atoms with Crippen LogP contribution in [0.1, 0.15) is 11.1 Å². The Morgan fingerprint density at radius 3 is 2.59 bits per heavy atom. The van der Waals surface area contributed by atoms with E-state index in [1.54, 1.807) is 24.3 Å². The van der Waals surface area contributed by atoms with Crippen LogP contribution < -0.4 is 4.74 Å². The van der Waals surface area contributed by atoms with Crippen molar-refractivity contribution in [2.24, 2.45) is 5.16 Å². The molecule has 0 saturated heterocycles. The Kier molecular flexibility index (Phi) is 4.01. The van der Waals surface area contributed by atoms with E-state index in [4.69, 9.17) is 9.94 Å². The molecule has 0 atom stereocenters. The smallest absolute Gasteiger partial charge is 0.129 e. The molecule has 0 aliphatic heterocycles. The van der Waals surface area contributed by atoms with E-state index in [1.807, 2.05) is 30.3 Å². The molecule has 0 radical (unpaired) electrons. The van der Waals surface area contributed by atoms with Crippen LogP contribution in [0.5, 0.6) is 5.75 Å². The number of hydrogen-bond donors (Lipinski definition) is 1. The van der Waals surface area contributed by atoms with Gasteiger partial charge in [0.1, 0.15) is 18.2 Å². The van der Waals surface area contributed by atoms with Crippen molar-refractivity contribution in [3.8, 4) is 5.75 Å². The first kappa shape index (κ1) is 14.1. The Labute approximate surface area is 127 Å². The zero-order valence-electron chi connectivity index (χ0n) is 11.7. The maximum absolute atomic E-state index is 13.6. The molecule has 3 rings (SSSR count). The van der Waals surface area contributed by atoms with Crippen molar-refractivity contribution in [2.45, 2.75) is 6.61 Å². The second-order valence-corrected chi connectivity index (χ2v) is 4.82. The van der Waals surface area contributed by atoms with Crippen LogP contribution in [0.2, 0.25) is 0 Å². The van der Waals surface area contributed by atoms with Crippen molar-refractivity contribution in [1.82, 2.24) is 0 Å². The molecule has 1 N–H and O–H groups in total. The lowest BCUT2D eigenvalue weighted by molar-refractivity contribution is 0.298. The number of benzene rings is 3. The Bertz CT molecular complexity index is 830. The molecule has 0 spiro atoms. The van der Waals surface area contributed by atoms with Crippen LogP contribution in [0.25, 0.3) is 10.8 Å². The van der Waals surface area contributed by atoms with E-state index in [9.17, 15) is 4.39 Å². The third kappa shape index (κ3) is 2.76. The Hall–Kier alpha value is -2.88. The minimum absolute atomic E-state index is 0.108. The first-order valence-electron chi connectivity index (χ1n) is 6.85. The van der Waals surface area contributed by atoms with Crippen LogP contribution in [-0.2, 0) is 6.61 Å². The van der Waals surface area contributed by atoms with Crippen LogP contribution in [-0.4, -0.2) is 11.4 Å². The highest BCUT2D eigenvalue weighted by Crippen LogP contribution is 2.27. The van der Waals surface area contributed by atoms with Gasteiger partial charge in [0.05, 0.1) is 6.21 Å². The number of fused-ring (bicyclic) bond motifs is 1. The molecule has 0 heterocycles. The molecule has 0 unspecified atom stereocenters. The van der Waals surface area contributed by atoms with Crippen molar-refractivity contribution >= 4 is 17.0 Å². The maximum Gasteiger partial charge on any atom is 0.129 e. The van der Waals surface area contributed by atoms with Crippen LogP contribution in [0.4, 0.5) is 4.39 Å². The van der Waals surface area contributed by atoms with Crippen LogP contribution in [0.3, 0.4) is 0 Å². The highest BCUT2D eigenvalue weighted by Gasteiger charge is 2.09. The number of nitrogens with zero attached hydrogens (tertiary/aromatic N) is 1. The highest BCUT2D eigenvalue weighted by atomic mass is 19.1. The van der Waals surface area contributed by atoms with Crippen molar-refractivity contribution in [1.29, 1.82) is 0 Å². The van der Waals surface area contributed by atoms with E-state index < -0.39 is 0 Å². The van der Waals surface area contributed by atoms with Crippen molar-refractivity contribution in [2.75, 3.05) is 0 Å². The largest absolute Gasteiger partial charge is 0.488 e. The van der Waals surface area contributed by atoms with E-state index >= 15 is 0 Å². The molecular weight excluding hydrogens is 281 g/mol. The summed E-state index contributed by atoms with van der Waals surface area (Å²) in [4.78, 5) is 0. The number of ether oxygens (including phenoxy) is 1. The maximum atomic E-state index is 13.6. The van der Waals surface area contributed by atoms with E-state index in [2.05, 4.69) is 5.16 Å². The zero-order valence-corrected chi connectivity index (χ0v) is 11.7. The first-order valence-corrected chi connectivity index (χ1v) is 6.85. The number of oxime groups is 1. The number of halogens is 1. The summed E-state index contributed by atoms with van der Waals surface area (Å²) >= 11 is 0. The van der Waals surface area contributed by atoms with Gasteiger partial charge in [-0.3, -0.25) is 0 Å². The van der Waals surface area contributed by atoms with Gasteiger partial charge in [0, 0.05) is 11.1 Å². The number of rotatable bonds is 4. The van der Waals surface area contributed by atoms with Gasteiger partial charge in [0.15, 0.2) is 0 Å². The average Bonchev–Trinajstić information content (AvgIpc) is 2.55. The van der Waals surface area contributed by atoms with Crippen LogP contribution in [0.15, 0.2) is 65.8 Å². The van der Waals surface area contributed by atoms with E-state index in [0.29, 0.717) is 16.9 Å². The van der Waals surface area contributed by atoms with Crippen LogP contribution in [0, 0.1) is 5.82 Å². The van der Waals surface area contributed by atoms with Gasteiger partial charge in [0.2, 0.25) is 0 Å². The molecule has 3 nitrogen and oxygen atoms in total. The van der Waals surface area contributed by atoms with Gasteiger partial charge in [-0.2, -0.15) is 0 Å². The lowest BCUT2D eigenvalue weighted by Gasteiger charge is -2.12. The molecule has 0 aromatic heterocycles. The summed E-state index contributed by atoms with van der Waals surface area (Å²) in [6.07, 6.45) is 1.33. The van der Waals surface area contributed by atoms with Gasteiger partial charge in [-0.15, -0.1) is 0 Å². The van der Waals surface area contributed by atoms with Gasteiger partial charge >= 0.3 is 0 Å². The Balaban J connectivity index is 1.96. The second-order valence-electron chi connectivity index (χ2n) is 4.82. The predicted molar refractivity (Wildman–Crippen MR) is 84.1 cm³/mol. The first-order chi connectivity index (χ1) is 10.8. The lowest BCUT2D eigenvalue weighted by atomic mass is 10.0. The molecule has 3 aromatic rings. The average molecular weight is 295 g/mol. The monoisotopic (exact) mass is 295 g/mol. The van der Waals surface area contributed by atoms with Crippen molar-refractivity contribution < 1.29 is 14.3 Å². The fourth-order valence-electron chi connectivity index (χ4n) is 2.36. The van der Waals surface area contributed by atoms with Gasteiger partial charge in [-0.05, 0) is 22.9 Å². The van der Waals surface area contributed by atoms with Gasteiger partial charge in [-0.1, -0.05) is 53.7 Å². The quantitative estimate of drug-likeness (QED) is 0.441. The van der Waals surface area contributed by atoms with Crippen molar-refractivity contribution in [3.63, 3.8) is 0 Å². The third-order valence-corrected chi connectivity index (χ3v) is 3.46. The van der Waals surface area contributed by atoms with Gasteiger partial charge < -0.3 is 9.94 Å². The fraction of sp³-hybridized carbons (Fsp3) is 0.0556. The lowest BCUT2D eigenvalue weighted by Crippen LogP contribution is -2.01. The topological polar surface area (TPSA) is 41.8 Å². The molecule has 3 aromatic carbocycles. The molecule has 0 bridgehead atoms. The molecule has 110 valence electrons. The summed E-state index contributed by atoms with van der Waals surface area (Å²) < 4.78 is 19.4. The third-order valence-electron chi connectivity index (χ3n) is 3.46. The SMILES string of the molecule is O/N=C\c1c(OCc2ccccc2F)ccc2ccccc12. The summed E-state index contributed by atoms with van der Waals surface area (Å²) in [5, 5.41) is 13.9. The highest BCUT2D eigenvalue weighted by molar-refractivity contribution is 6.02. The molecule has 0 saturated carbocycles. The molecule has 0 aliphatic rings. The van der Waals surface area contributed by atoms with E-state index in [-0.39, 0.29) is 12.4 Å². The molecule has 0 amide bonds. The Morgan fingerprint density at radius 1 is 1.00 bits per heavy atom. The normalized spacial score (nSPS) is 11.1. The molecule has 0 fully saturated rings. The zero-order chi connectivity index (χ0) is 15.4. The minimum Gasteiger partial charge on any atom is -0.488 e. The summed E-state index contributed by atoms with van der Waals surface area (Å²) in [7, 11) is 0. The Morgan fingerprint density at radius 2 is 1.77 bits per heavy atom.